The molecule has 2 atom stereocenters. The molecule has 0 fully saturated rings. The Bertz CT molecular complexity index is 461. The van der Waals surface area contributed by atoms with Gasteiger partial charge in [-0.15, -0.1) is 0 Å². The van der Waals surface area contributed by atoms with Crippen molar-refractivity contribution in [2.75, 3.05) is 20.3 Å². The van der Waals surface area contributed by atoms with E-state index in [-0.39, 0.29) is 6.04 Å². The third kappa shape index (κ3) is 3.17. The van der Waals surface area contributed by atoms with Crippen molar-refractivity contribution in [3.8, 4) is 11.5 Å². The summed E-state index contributed by atoms with van der Waals surface area (Å²) in [6.45, 7) is 2.83. The number of rotatable bonds is 5. The maximum Gasteiger partial charge on any atom is 0.306 e. The molecule has 0 radical (unpaired) electrons. The first-order valence-electron chi connectivity index (χ1n) is 6.41. The van der Waals surface area contributed by atoms with Crippen LogP contribution in [0.5, 0.6) is 11.5 Å². The number of nitrogens with one attached hydrogen (secondary N) is 1. The van der Waals surface area contributed by atoms with Gasteiger partial charge in [0.2, 0.25) is 0 Å². The first-order chi connectivity index (χ1) is 9.11. The third-order valence-electron chi connectivity index (χ3n) is 3.33. The minimum Gasteiger partial charge on any atom is -0.486 e. The number of ether oxygens (including phenoxy) is 2. The quantitative estimate of drug-likeness (QED) is 0.850. The Morgan fingerprint density at radius 3 is 2.68 bits per heavy atom. The van der Waals surface area contributed by atoms with E-state index in [0.717, 1.165) is 17.1 Å². The predicted molar refractivity (Wildman–Crippen MR) is 70.6 cm³/mol. The van der Waals surface area contributed by atoms with E-state index in [9.17, 15) is 4.79 Å². The third-order valence-corrected chi connectivity index (χ3v) is 3.33. The molecule has 1 aliphatic rings. The van der Waals surface area contributed by atoms with Crippen molar-refractivity contribution in [3.05, 3.63) is 23.8 Å². The highest BCUT2D eigenvalue weighted by Gasteiger charge is 2.20. The van der Waals surface area contributed by atoms with E-state index < -0.39 is 11.9 Å². The van der Waals surface area contributed by atoms with Gasteiger partial charge in [0.1, 0.15) is 13.2 Å². The van der Waals surface area contributed by atoms with Crippen LogP contribution in [0.1, 0.15) is 24.9 Å². The lowest BCUT2D eigenvalue weighted by atomic mass is 9.95. The summed E-state index contributed by atoms with van der Waals surface area (Å²) in [6.07, 6.45) is 0.533. The van der Waals surface area contributed by atoms with Gasteiger partial charge in [0.25, 0.3) is 0 Å². The molecule has 0 amide bonds. The first-order valence-corrected chi connectivity index (χ1v) is 6.41. The summed E-state index contributed by atoms with van der Waals surface area (Å²) in [7, 11) is 1.83. The summed E-state index contributed by atoms with van der Waals surface area (Å²) in [5.74, 6) is 0.298. The van der Waals surface area contributed by atoms with Crippen LogP contribution in [0.4, 0.5) is 0 Å². The number of benzene rings is 1. The number of aliphatic carboxylic acids is 1. The van der Waals surface area contributed by atoms with Gasteiger partial charge in [0.05, 0.1) is 5.92 Å². The molecule has 1 aromatic rings. The molecule has 5 heteroatoms. The molecule has 0 saturated heterocycles. The van der Waals surface area contributed by atoms with Gasteiger partial charge in [-0.05, 0) is 31.2 Å². The maximum atomic E-state index is 10.9. The molecule has 0 aromatic heterocycles. The van der Waals surface area contributed by atoms with Gasteiger partial charge in [0, 0.05) is 6.04 Å². The van der Waals surface area contributed by atoms with Crippen LogP contribution < -0.4 is 14.8 Å². The normalized spacial score (nSPS) is 16.7. The summed E-state index contributed by atoms with van der Waals surface area (Å²) in [5, 5.41) is 12.1. The molecule has 0 saturated carbocycles. The van der Waals surface area contributed by atoms with E-state index in [1.807, 2.05) is 25.2 Å². The molecule has 5 nitrogen and oxygen atoms in total. The van der Waals surface area contributed by atoms with Crippen LogP contribution in [0.2, 0.25) is 0 Å². The Hall–Kier alpha value is -1.75. The number of carboxylic acids is 1. The highest BCUT2D eigenvalue weighted by Crippen LogP contribution is 2.33. The van der Waals surface area contributed by atoms with Crippen molar-refractivity contribution in [1.29, 1.82) is 0 Å². The van der Waals surface area contributed by atoms with Crippen LogP contribution in [0.25, 0.3) is 0 Å². The number of carbonyl (C=O) groups is 1. The van der Waals surface area contributed by atoms with Crippen molar-refractivity contribution >= 4 is 5.97 Å². The SMILES string of the molecule is CNC(CC(C)C(=O)O)c1ccc2c(c1)OCCO2. The second kappa shape index (κ2) is 5.93. The molecular formula is C14H19NO4. The van der Waals surface area contributed by atoms with E-state index in [2.05, 4.69) is 5.32 Å². The lowest BCUT2D eigenvalue weighted by Crippen LogP contribution is -2.23. The van der Waals surface area contributed by atoms with Crippen LogP contribution in [0.3, 0.4) is 0 Å². The standard InChI is InChI=1S/C14H19NO4/c1-9(14(16)17)7-11(15-2)10-3-4-12-13(8-10)19-6-5-18-12/h3-4,8-9,11,15H,5-7H2,1-2H3,(H,16,17). The number of carboxylic acid groups (broad SMARTS) is 1. The van der Waals surface area contributed by atoms with Gasteiger partial charge in [-0.25, -0.2) is 0 Å². The van der Waals surface area contributed by atoms with Crippen molar-refractivity contribution in [3.63, 3.8) is 0 Å². The molecule has 0 spiro atoms. The monoisotopic (exact) mass is 265 g/mol. The van der Waals surface area contributed by atoms with Crippen molar-refractivity contribution < 1.29 is 19.4 Å². The molecule has 19 heavy (non-hydrogen) atoms. The Morgan fingerprint density at radius 2 is 2.05 bits per heavy atom. The van der Waals surface area contributed by atoms with Gasteiger partial charge in [-0.1, -0.05) is 13.0 Å². The summed E-state index contributed by atoms with van der Waals surface area (Å²) in [4.78, 5) is 10.9. The second-order valence-electron chi connectivity index (χ2n) is 4.72. The average molecular weight is 265 g/mol. The average Bonchev–Trinajstić information content (AvgIpc) is 2.43. The molecular weight excluding hydrogens is 246 g/mol. The van der Waals surface area contributed by atoms with E-state index in [1.54, 1.807) is 6.92 Å². The smallest absolute Gasteiger partial charge is 0.306 e. The van der Waals surface area contributed by atoms with Gasteiger partial charge < -0.3 is 19.9 Å². The Morgan fingerprint density at radius 1 is 1.37 bits per heavy atom. The van der Waals surface area contributed by atoms with Gasteiger partial charge in [-0.3, -0.25) is 4.79 Å². The predicted octanol–water partition coefficient (Wildman–Crippen LogP) is 1.83. The van der Waals surface area contributed by atoms with Crippen LogP contribution in [-0.4, -0.2) is 31.3 Å². The lowest BCUT2D eigenvalue weighted by Gasteiger charge is -2.23. The van der Waals surface area contributed by atoms with Crippen LogP contribution in [-0.2, 0) is 4.79 Å². The molecule has 104 valence electrons. The number of fused-ring (bicyclic) bond motifs is 1. The fourth-order valence-electron chi connectivity index (χ4n) is 2.15. The fourth-order valence-corrected chi connectivity index (χ4v) is 2.15. The van der Waals surface area contributed by atoms with E-state index >= 15 is 0 Å². The fraction of sp³-hybridized carbons (Fsp3) is 0.500. The Kier molecular flexibility index (Phi) is 4.27. The van der Waals surface area contributed by atoms with Gasteiger partial charge in [0.15, 0.2) is 11.5 Å². The zero-order chi connectivity index (χ0) is 13.8. The molecule has 1 aliphatic heterocycles. The summed E-state index contributed by atoms with van der Waals surface area (Å²) in [6, 6.07) is 5.73. The Balaban J connectivity index is 2.16. The maximum absolute atomic E-state index is 10.9. The topological polar surface area (TPSA) is 67.8 Å². The molecule has 1 heterocycles. The number of hydrogen-bond donors (Lipinski definition) is 2. The van der Waals surface area contributed by atoms with Crippen LogP contribution in [0, 0.1) is 5.92 Å². The van der Waals surface area contributed by atoms with E-state index in [1.165, 1.54) is 0 Å². The largest absolute Gasteiger partial charge is 0.486 e. The molecule has 2 N–H and O–H groups in total. The summed E-state index contributed by atoms with van der Waals surface area (Å²) in [5.41, 5.74) is 1.01. The minimum absolute atomic E-state index is 0.0121. The lowest BCUT2D eigenvalue weighted by molar-refractivity contribution is -0.141. The highest BCUT2D eigenvalue weighted by atomic mass is 16.6. The van der Waals surface area contributed by atoms with Gasteiger partial charge in [-0.2, -0.15) is 0 Å². The zero-order valence-corrected chi connectivity index (χ0v) is 11.2. The molecule has 0 bridgehead atoms. The molecule has 2 rings (SSSR count). The van der Waals surface area contributed by atoms with E-state index in [0.29, 0.717) is 19.6 Å². The first kappa shape index (κ1) is 13.7. The van der Waals surface area contributed by atoms with Crippen molar-refractivity contribution in [2.24, 2.45) is 5.92 Å². The van der Waals surface area contributed by atoms with Gasteiger partial charge >= 0.3 is 5.97 Å². The van der Waals surface area contributed by atoms with Crippen molar-refractivity contribution in [2.45, 2.75) is 19.4 Å². The molecule has 0 aliphatic carbocycles. The highest BCUT2D eigenvalue weighted by molar-refractivity contribution is 5.69. The number of hydrogen-bond acceptors (Lipinski definition) is 4. The summed E-state index contributed by atoms with van der Waals surface area (Å²) < 4.78 is 11.0. The Labute approximate surface area is 112 Å². The van der Waals surface area contributed by atoms with E-state index in [4.69, 9.17) is 14.6 Å². The van der Waals surface area contributed by atoms with Crippen LogP contribution >= 0.6 is 0 Å². The molecule has 2 unspecified atom stereocenters. The second-order valence-corrected chi connectivity index (χ2v) is 4.72. The molecule has 1 aromatic carbocycles. The summed E-state index contributed by atoms with van der Waals surface area (Å²) >= 11 is 0. The minimum atomic E-state index is -0.780. The van der Waals surface area contributed by atoms with Crippen LogP contribution in [0.15, 0.2) is 18.2 Å². The zero-order valence-electron chi connectivity index (χ0n) is 11.2. The van der Waals surface area contributed by atoms with Crippen molar-refractivity contribution in [1.82, 2.24) is 5.32 Å².